The molecule has 7 heteroatoms. The van der Waals surface area contributed by atoms with Gasteiger partial charge in [-0.2, -0.15) is 0 Å². The molecule has 0 saturated carbocycles. The number of nitrogens with zero attached hydrogens (tertiary/aromatic N) is 1. The lowest BCUT2D eigenvalue weighted by Crippen LogP contribution is -2.29. The lowest BCUT2D eigenvalue weighted by atomic mass is 9.85. The fourth-order valence-electron chi connectivity index (χ4n) is 5.13. The molecular formula is C33H35NO6. The average Bonchev–Trinajstić information content (AvgIpc) is 3.47. The van der Waals surface area contributed by atoms with Gasteiger partial charge in [0.2, 0.25) is 6.79 Å². The molecule has 2 aliphatic rings. The lowest BCUT2D eigenvalue weighted by Gasteiger charge is -2.27. The van der Waals surface area contributed by atoms with Gasteiger partial charge in [0.05, 0.1) is 17.7 Å². The van der Waals surface area contributed by atoms with Crippen LogP contribution in [-0.2, 0) is 21.5 Å². The number of hydrogen-bond acceptors (Lipinski definition) is 6. The van der Waals surface area contributed by atoms with Crippen LogP contribution in [0.1, 0.15) is 68.5 Å². The maximum Gasteiger partial charge on any atom is 0.295 e. The van der Waals surface area contributed by atoms with Crippen molar-refractivity contribution in [1.29, 1.82) is 0 Å². The summed E-state index contributed by atoms with van der Waals surface area (Å²) in [4.78, 5) is 28.5. The highest BCUT2D eigenvalue weighted by Gasteiger charge is 2.46. The van der Waals surface area contributed by atoms with Gasteiger partial charge in [-0.1, -0.05) is 51.1 Å². The molecule has 0 spiro atoms. The van der Waals surface area contributed by atoms with Gasteiger partial charge in [-0.3, -0.25) is 9.59 Å². The first-order valence-corrected chi connectivity index (χ1v) is 13.5. The van der Waals surface area contributed by atoms with Crippen LogP contribution in [0.5, 0.6) is 17.2 Å². The van der Waals surface area contributed by atoms with Crippen LogP contribution in [-0.4, -0.2) is 34.6 Å². The van der Waals surface area contributed by atoms with Gasteiger partial charge in [-0.05, 0) is 78.8 Å². The van der Waals surface area contributed by atoms with Crippen LogP contribution in [0.25, 0.3) is 5.76 Å². The predicted octanol–water partition coefficient (Wildman–Crippen LogP) is 6.43. The van der Waals surface area contributed by atoms with Gasteiger partial charge in [-0.25, -0.2) is 0 Å². The van der Waals surface area contributed by atoms with Crippen molar-refractivity contribution in [2.75, 3.05) is 6.79 Å². The summed E-state index contributed by atoms with van der Waals surface area (Å²) in [6, 6.07) is 17.8. The van der Waals surface area contributed by atoms with Crippen molar-refractivity contribution in [3.8, 4) is 17.2 Å². The monoisotopic (exact) mass is 541 g/mol. The zero-order valence-corrected chi connectivity index (χ0v) is 23.8. The number of aliphatic hydroxyl groups is 1. The Labute approximate surface area is 235 Å². The maximum absolute atomic E-state index is 13.5. The second kappa shape index (κ2) is 10.4. The largest absolute Gasteiger partial charge is 0.507 e. The van der Waals surface area contributed by atoms with Crippen LogP contribution in [0.2, 0.25) is 0 Å². The third-order valence-electron chi connectivity index (χ3n) is 7.23. The topological polar surface area (TPSA) is 85.3 Å². The van der Waals surface area contributed by atoms with Crippen molar-refractivity contribution in [2.45, 2.75) is 65.6 Å². The van der Waals surface area contributed by atoms with Gasteiger partial charge in [0.15, 0.2) is 11.5 Å². The minimum atomic E-state index is -0.772. The van der Waals surface area contributed by atoms with E-state index in [-0.39, 0.29) is 36.2 Å². The van der Waals surface area contributed by atoms with Crippen LogP contribution in [0, 0.1) is 6.92 Å². The Morgan fingerprint density at radius 1 is 1.00 bits per heavy atom. The summed E-state index contributed by atoms with van der Waals surface area (Å²) in [5.41, 5.74) is 3.92. The molecule has 208 valence electrons. The highest BCUT2D eigenvalue weighted by molar-refractivity contribution is 6.46. The van der Waals surface area contributed by atoms with Crippen molar-refractivity contribution in [3.63, 3.8) is 0 Å². The number of likely N-dealkylation sites (tertiary alicyclic amines) is 1. The van der Waals surface area contributed by atoms with E-state index in [1.165, 1.54) is 4.90 Å². The molecule has 1 unspecified atom stereocenters. The van der Waals surface area contributed by atoms with Gasteiger partial charge in [0, 0.05) is 12.1 Å². The van der Waals surface area contributed by atoms with E-state index in [2.05, 4.69) is 20.8 Å². The Hall–Kier alpha value is -4.26. The minimum Gasteiger partial charge on any atom is -0.507 e. The summed E-state index contributed by atoms with van der Waals surface area (Å²) in [5.74, 6) is 0.336. The number of rotatable bonds is 6. The third kappa shape index (κ3) is 5.16. The van der Waals surface area contributed by atoms with E-state index in [0.717, 1.165) is 22.3 Å². The van der Waals surface area contributed by atoms with E-state index in [0.29, 0.717) is 22.8 Å². The second-order valence-electron chi connectivity index (χ2n) is 11.6. The summed E-state index contributed by atoms with van der Waals surface area (Å²) in [7, 11) is 0. The molecule has 3 aromatic carbocycles. The van der Waals surface area contributed by atoms with Crippen LogP contribution >= 0.6 is 0 Å². The highest BCUT2D eigenvalue weighted by Crippen LogP contribution is 2.42. The molecule has 0 aromatic heterocycles. The number of benzene rings is 3. The Bertz CT molecular complexity index is 1500. The standard InChI is InChI=1S/C33H35NO6/c1-19(2)40-25-14-10-23(15-20(25)3)30(35)28-29(22-8-11-24(12-9-22)33(4,5)6)34(32(37)31(28)36)17-21-7-13-26-27(16-21)39-18-38-26/h7-16,19,29,35H,17-18H2,1-6H3/b30-28+. The molecule has 7 nitrogen and oxygen atoms in total. The van der Waals surface area contributed by atoms with Crippen molar-refractivity contribution < 1.29 is 28.9 Å². The van der Waals surface area contributed by atoms with E-state index in [1.54, 1.807) is 24.3 Å². The van der Waals surface area contributed by atoms with Crippen LogP contribution in [0.4, 0.5) is 0 Å². The van der Waals surface area contributed by atoms with Crippen molar-refractivity contribution in [2.24, 2.45) is 0 Å². The summed E-state index contributed by atoms with van der Waals surface area (Å²) in [6.07, 6.45) is -0.00396. The molecule has 40 heavy (non-hydrogen) atoms. The Kier molecular flexibility index (Phi) is 7.08. The molecule has 1 amide bonds. The number of ether oxygens (including phenoxy) is 3. The summed E-state index contributed by atoms with van der Waals surface area (Å²) in [6.45, 7) is 12.5. The van der Waals surface area contributed by atoms with E-state index in [1.807, 2.05) is 57.2 Å². The molecule has 0 aliphatic carbocycles. The Balaban J connectivity index is 1.60. The highest BCUT2D eigenvalue weighted by atomic mass is 16.7. The molecule has 0 bridgehead atoms. The SMILES string of the molecule is Cc1cc(/C(O)=C2\C(=O)C(=O)N(Cc3ccc4c(c3)OCO4)C2c2ccc(C(C)(C)C)cc2)ccc1OC(C)C. The predicted molar refractivity (Wildman–Crippen MR) is 152 cm³/mol. The van der Waals surface area contributed by atoms with Crippen LogP contribution in [0.3, 0.4) is 0 Å². The lowest BCUT2D eigenvalue weighted by molar-refractivity contribution is -0.140. The molecule has 2 aliphatic heterocycles. The van der Waals surface area contributed by atoms with E-state index >= 15 is 0 Å². The molecule has 1 N–H and O–H groups in total. The first kappa shape index (κ1) is 27.3. The number of fused-ring (bicyclic) bond motifs is 1. The average molecular weight is 542 g/mol. The fourth-order valence-corrected chi connectivity index (χ4v) is 5.13. The zero-order chi connectivity index (χ0) is 28.8. The Morgan fingerprint density at radius 2 is 1.70 bits per heavy atom. The number of carbonyl (C=O) groups excluding carboxylic acids is 2. The van der Waals surface area contributed by atoms with Crippen LogP contribution < -0.4 is 14.2 Å². The number of aryl methyl sites for hydroxylation is 1. The fraction of sp³-hybridized carbons (Fsp3) is 0.333. The van der Waals surface area contributed by atoms with E-state index < -0.39 is 17.7 Å². The Morgan fingerprint density at radius 3 is 2.35 bits per heavy atom. The van der Waals surface area contributed by atoms with Gasteiger partial charge in [0.25, 0.3) is 11.7 Å². The molecule has 1 fully saturated rings. The zero-order valence-electron chi connectivity index (χ0n) is 23.8. The van der Waals surface area contributed by atoms with Crippen molar-refractivity contribution in [3.05, 3.63) is 94.1 Å². The van der Waals surface area contributed by atoms with Gasteiger partial charge >= 0.3 is 0 Å². The quantitative estimate of drug-likeness (QED) is 0.220. The smallest absolute Gasteiger partial charge is 0.295 e. The van der Waals surface area contributed by atoms with Crippen molar-refractivity contribution in [1.82, 2.24) is 4.90 Å². The minimum absolute atomic E-state index is 0.00396. The first-order valence-electron chi connectivity index (χ1n) is 13.5. The molecule has 2 heterocycles. The first-order chi connectivity index (χ1) is 18.9. The molecule has 1 atom stereocenters. The van der Waals surface area contributed by atoms with Gasteiger partial charge < -0.3 is 24.2 Å². The van der Waals surface area contributed by atoms with Gasteiger partial charge in [-0.15, -0.1) is 0 Å². The number of hydrogen-bond donors (Lipinski definition) is 1. The third-order valence-corrected chi connectivity index (χ3v) is 7.23. The van der Waals surface area contributed by atoms with Gasteiger partial charge in [0.1, 0.15) is 11.5 Å². The summed E-state index contributed by atoms with van der Waals surface area (Å²) >= 11 is 0. The second-order valence-corrected chi connectivity index (χ2v) is 11.6. The molecular weight excluding hydrogens is 506 g/mol. The van der Waals surface area contributed by atoms with E-state index in [9.17, 15) is 14.7 Å². The molecule has 3 aromatic rings. The van der Waals surface area contributed by atoms with E-state index in [4.69, 9.17) is 14.2 Å². The molecule has 5 rings (SSSR count). The summed E-state index contributed by atoms with van der Waals surface area (Å²) in [5, 5.41) is 11.5. The number of amides is 1. The van der Waals surface area contributed by atoms with Crippen molar-refractivity contribution >= 4 is 17.4 Å². The number of Topliss-reactive ketones (excluding diaryl/α,β-unsaturated/α-hetero) is 1. The maximum atomic E-state index is 13.5. The number of aliphatic hydroxyl groups excluding tert-OH is 1. The normalized spacial score (nSPS) is 18.1. The van der Waals surface area contributed by atoms with Crippen LogP contribution in [0.15, 0.2) is 66.2 Å². The number of carbonyl (C=O) groups is 2. The number of ketones is 1. The summed E-state index contributed by atoms with van der Waals surface area (Å²) < 4.78 is 16.8. The molecule has 1 saturated heterocycles. The molecule has 0 radical (unpaired) electrons.